The fraction of sp³-hybridized carbons (Fsp3) is 0.769. The van der Waals surface area contributed by atoms with E-state index < -0.39 is 5.97 Å². The maximum Gasteiger partial charge on any atom is 0.308 e. The Morgan fingerprint density at radius 3 is 2.74 bits per heavy atom. The van der Waals surface area contributed by atoms with Crippen LogP contribution in [0.4, 0.5) is 5.13 Å². The number of rotatable bonds is 4. The molecule has 1 aromatic rings. The van der Waals surface area contributed by atoms with Crippen LogP contribution in [0.1, 0.15) is 57.7 Å². The Labute approximate surface area is 117 Å². The van der Waals surface area contributed by atoms with Crippen molar-refractivity contribution in [3.8, 4) is 0 Å². The van der Waals surface area contributed by atoms with Crippen LogP contribution in [0.5, 0.6) is 0 Å². The summed E-state index contributed by atoms with van der Waals surface area (Å²) in [6.07, 6.45) is 4.85. The summed E-state index contributed by atoms with van der Waals surface area (Å²) in [4.78, 5) is 15.8. The second-order valence-electron chi connectivity index (χ2n) is 5.45. The average Bonchev–Trinajstić information content (AvgIpc) is 2.68. The number of nitrogens with one attached hydrogen (secondary N) is 1. The molecule has 1 heterocycles. The maximum absolute atomic E-state index is 11.3. The lowest BCUT2D eigenvalue weighted by Gasteiger charge is -2.22. The molecule has 5 nitrogen and oxygen atoms in total. The van der Waals surface area contributed by atoms with Gasteiger partial charge in [-0.25, -0.2) is 4.98 Å². The second-order valence-corrected chi connectivity index (χ2v) is 6.20. The molecular weight excluding hydrogens is 262 g/mol. The highest BCUT2D eigenvalue weighted by Crippen LogP contribution is 2.27. The minimum Gasteiger partial charge on any atom is -0.481 e. The number of anilines is 1. The molecule has 19 heavy (non-hydrogen) atoms. The zero-order chi connectivity index (χ0) is 13.8. The largest absolute Gasteiger partial charge is 0.481 e. The highest BCUT2D eigenvalue weighted by atomic mass is 32.1. The van der Waals surface area contributed by atoms with E-state index in [-0.39, 0.29) is 12.0 Å². The van der Waals surface area contributed by atoms with Gasteiger partial charge in [-0.1, -0.05) is 33.1 Å². The van der Waals surface area contributed by atoms with Crippen LogP contribution >= 0.6 is 11.5 Å². The molecule has 2 atom stereocenters. The van der Waals surface area contributed by atoms with Crippen LogP contribution in [-0.4, -0.2) is 26.5 Å². The van der Waals surface area contributed by atoms with Crippen LogP contribution < -0.4 is 5.32 Å². The molecule has 106 valence electrons. The number of carbonyl (C=O) groups is 1. The molecule has 0 amide bonds. The lowest BCUT2D eigenvalue weighted by molar-refractivity contribution is -0.142. The fourth-order valence-electron chi connectivity index (χ4n) is 2.46. The van der Waals surface area contributed by atoms with E-state index in [0.717, 1.165) is 43.1 Å². The van der Waals surface area contributed by atoms with Gasteiger partial charge in [0.1, 0.15) is 5.82 Å². The fourth-order valence-corrected chi connectivity index (χ4v) is 3.23. The summed E-state index contributed by atoms with van der Waals surface area (Å²) in [7, 11) is 0. The molecule has 0 bridgehead atoms. The number of aromatic nitrogens is 2. The van der Waals surface area contributed by atoms with Crippen LogP contribution in [0.3, 0.4) is 0 Å². The van der Waals surface area contributed by atoms with E-state index in [9.17, 15) is 9.90 Å². The summed E-state index contributed by atoms with van der Waals surface area (Å²) in [5.74, 6) is 0.117. The minimum absolute atomic E-state index is 0.0204. The second kappa shape index (κ2) is 6.32. The third-order valence-electron chi connectivity index (χ3n) is 3.60. The summed E-state index contributed by atoms with van der Waals surface area (Å²) in [6.45, 7) is 4.11. The van der Waals surface area contributed by atoms with Crippen molar-refractivity contribution in [2.75, 3.05) is 5.32 Å². The van der Waals surface area contributed by atoms with E-state index in [1.165, 1.54) is 11.5 Å². The molecule has 0 saturated heterocycles. The summed E-state index contributed by atoms with van der Waals surface area (Å²) in [6, 6.07) is -0.0204. The number of carboxylic acid groups (broad SMARTS) is 1. The lowest BCUT2D eigenvalue weighted by Crippen LogP contribution is -2.33. The standard InChI is InChI=1S/C13H21N3O2S/c1-8(2)11-15-13(19-16-11)14-10-7-5-3-4-6-9(10)12(17)18/h8-10H,3-7H2,1-2H3,(H,17,18)(H,14,15,16). The van der Waals surface area contributed by atoms with Crippen LogP contribution in [-0.2, 0) is 4.79 Å². The molecule has 0 radical (unpaired) electrons. The summed E-state index contributed by atoms with van der Waals surface area (Å²) >= 11 is 1.33. The van der Waals surface area contributed by atoms with Crippen molar-refractivity contribution < 1.29 is 9.90 Å². The van der Waals surface area contributed by atoms with Gasteiger partial charge in [0.05, 0.1) is 5.92 Å². The SMILES string of the molecule is CC(C)c1nsc(NC2CCCCCC2C(=O)O)n1. The monoisotopic (exact) mass is 283 g/mol. The Bertz CT molecular complexity index is 433. The van der Waals surface area contributed by atoms with Gasteiger partial charge in [0.2, 0.25) is 5.13 Å². The van der Waals surface area contributed by atoms with E-state index in [2.05, 4.69) is 28.5 Å². The van der Waals surface area contributed by atoms with Crippen molar-refractivity contribution in [1.82, 2.24) is 9.36 Å². The van der Waals surface area contributed by atoms with Crippen molar-refractivity contribution >= 4 is 22.6 Å². The van der Waals surface area contributed by atoms with Gasteiger partial charge in [0.15, 0.2) is 0 Å². The van der Waals surface area contributed by atoms with Gasteiger partial charge >= 0.3 is 5.97 Å². The molecule has 1 aliphatic carbocycles. The van der Waals surface area contributed by atoms with Crippen molar-refractivity contribution in [3.05, 3.63) is 5.82 Å². The van der Waals surface area contributed by atoms with Gasteiger partial charge in [-0.2, -0.15) is 4.37 Å². The molecule has 1 aliphatic rings. The normalized spacial score (nSPS) is 24.2. The minimum atomic E-state index is -0.701. The number of hydrogen-bond acceptors (Lipinski definition) is 5. The Morgan fingerprint density at radius 2 is 2.11 bits per heavy atom. The van der Waals surface area contributed by atoms with E-state index >= 15 is 0 Å². The molecule has 0 spiro atoms. The van der Waals surface area contributed by atoms with Gasteiger partial charge in [-0.15, -0.1) is 0 Å². The molecular formula is C13H21N3O2S. The van der Waals surface area contributed by atoms with Gasteiger partial charge < -0.3 is 10.4 Å². The van der Waals surface area contributed by atoms with Crippen LogP contribution in [0, 0.1) is 5.92 Å². The van der Waals surface area contributed by atoms with Crippen molar-refractivity contribution in [2.24, 2.45) is 5.92 Å². The number of hydrogen-bond donors (Lipinski definition) is 2. The topological polar surface area (TPSA) is 75.1 Å². The lowest BCUT2D eigenvalue weighted by atomic mass is 9.95. The third kappa shape index (κ3) is 3.65. The predicted octanol–water partition coefficient (Wildman–Crippen LogP) is 3.11. The first kappa shape index (κ1) is 14.2. The quantitative estimate of drug-likeness (QED) is 0.830. The van der Waals surface area contributed by atoms with E-state index in [0.29, 0.717) is 5.92 Å². The summed E-state index contributed by atoms with van der Waals surface area (Å²) < 4.78 is 4.30. The molecule has 1 saturated carbocycles. The first-order valence-corrected chi connectivity index (χ1v) is 7.68. The van der Waals surface area contributed by atoms with Gasteiger partial charge in [-0.05, 0) is 12.8 Å². The molecule has 0 aliphatic heterocycles. The highest BCUT2D eigenvalue weighted by molar-refractivity contribution is 7.09. The van der Waals surface area contributed by atoms with Crippen LogP contribution in [0.2, 0.25) is 0 Å². The molecule has 2 rings (SSSR count). The summed E-state index contributed by atoms with van der Waals surface area (Å²) in [5.41, 5.74) is 0. The molecule has 1 fully saturated rings. The smallest absolute Gasteiger partial charge is 0.308 e. The van der Waals surface area contributed by atoms with E-state index in [1.807, 2.05) is 0 Å². The van der Waals surface area contributed by atoms with Gasteiger partial charge in [0, 0.05) is 23.5 Å². The molecule has 2 N–H and O–H groups in total. The Kier molecular flexibility index (Phi) is 4.74. The number of aliphatic carboxylic acids is 1. The van der Waals surface area contributed by atoms with Crippen molar-refractivity contribution in [3.63, 3.8) is 0 Å². The van der Waals surface area contributed by atoms with E-state index in [4.69, 9.17) is 0 Å². The highest BCUT2D eigenvalue weighted by Gasteiger charge is 2.30. The molecule has 0 aromatic carbocycles. The van der Waals surface area contributed by atoms with Crippen molar-refractivity contribution in [2.45, 2.75) is 57.9 Å². The Morgan fingerprint density at radius 1 is 1.37 bits per heavy atom. The summed E-state index contributed by atoms with van der Waals surface area (Å²) in [5, 5.41) is 13.4. The van der Waals surface area contributed by atoms with Crippen LogP contribution in [0.25, 0.3) is 0 Å². The first-order valence-electron chi connectivity index (χ1n) is 6.91. The Hall–Kier alpha value is -1.17. The zero-order valence-corrected chi connectivity index (χ0v) is 12.2. The Balaban J connectivity index is 2.07. The van der Waals surface area contributed by atoms with Gasteiger partial charge in [0.25, 0.3) is 0 Å². The molecule has 2 unspecified atom stereocenters. The number of nitrogens with zero attached hydrogens (tertiary/aromatic N) is 2. The molecule has 6 heteroatoms. The number of carboxylic acids is 1. The average molecular weight is 283 g/mol. The first-order chi connectivity index (χ1) is 9.08. The van der Waals surface area contributed by atoms with Crippen molar-refractivity contribution in [1.29, 1.82) is 0 Å². The zero-order valence-electron chi connectivity index (χ0n) is 11.4. The maximum atomic E-state index is 11.3. The molecule has 1 aromatic heterocycles. The third-order valence-corrected chi connectivity index (χ3v) is 4.26. The van der Waals surface area contributed by atoms with Gasteiger partial charge in [-0.3, -0.25) is 4.79 Å². The predicted molar refractivity (Wildman–Crippen MR) is 75.6 cm³/mol. The van der Waals surface area contributed by atoms with Crippen LogP contribution in [0.15, 0.2) is 0 Å². The van der Waals surface area contributed by atoms with E-state index in [1.54, 1.807) is 0 Å².